The summed E-state index contributed by atoms with van der Waals surface area (Å²) >= 11 is 0. The van der Waals surface area contributed by atoms with Crippen molar-refractivity contribution in [3.8, 4) is 5.75 Å². The zero-order valence-electron chi connectivity index (χ0n) is 16.2. The largest absolute Gasteiger partial charge is 0.494 e. The van der Waals surface area contributed by atoms with E-state index in [9.17, 15) is 9.59 Å². The van der Waals surface area contributed by atoms with Gasteiger partial charge in [-0.15, -0.1) is 0 Å². The quantitative estimate of drug-likeness (QED) is 0.868. The summed E-state index contributed by atoms with van der Waals surface area (Å²) in [6.45, 7) is 8.17. The maximum Gasteiger partial charge on any atom is 0.250 e. The van der Waals surface area contributed by atoms with Gasteiger partial charge in [0.15, 0.2) is 0 Å². The van der Waals surface area contributed by atoms with Gasteiger partial charge in [-0.2, -0.15) is 4.99 Å². The first-order valence-corrected chi connectivity index (χ1v) is 9.15. The number of ether oxygens (including phenoxy) is 1. The van der Waals surface area contributed by atoms with Crippen molar-refractivity contribution in [2.24, 2.45) is 4.99 Å². The van der Waals surface area contributed by atoms with Gasteiger partial charge in [0, 0.05) is 11.8 Å². The van der Waals surface area contributed by atoms with Crippen LogP contribution in [-0.2, 0) is 9.59 Å². The van der Waals surface area contributed by atoms with E-state index in [0.717, 1.165) is 16.9 Å². The number of aryl methyl sites for hydroxylation is 1. The Morgan fingerprint density at radius 1 is 1.41 bits per heavy atom. The van der Waals surface area contributed by atoms with Gasteiger partial charge >= 0.3 is 0 Å². The number of nitrogens with one attached hydrogen (secondary N) is 1. The van der Waals surface area contributed by atoms with Crippen LogP contribution in [0.15, 0.2) is 47.6 Å². The topological polar surface area (TPSA) is 71.0 Å². The number of hydrogen-bond donors (Lipinski definition) is 1. The predicted octanol–water partition coefficient (Wildman–Crippen LogP) is 3.04. The molecule has 0 aliphatic carbocycles. The van der Waals surface area contributed by atoms with E-state index in [2.05, 4.69) is 10.3 Å². The minimum atomic E-state index is -1.03. The van der Waals surface area contributed by atoms with Crippen LogP contribution in [0.5, 0.6) is 5.75 Å². The lowest BCUT2D eigenvalue weighted by Gasteiger charge is -2.42. The van der Waals surface area contributed by atoms with Gasteiger partial charge in [0.05, 0.1) is 19.1 Å². The Morgan fingerprint density at radius 3 is 2.93 bits per heavy atom. The number of rotatable bonds is 5. The molecule has 6 nitrogen and oxygen atoms in total. The minimum Gasteiger partial charge on any atom is -0.494 e. The number of carbonyl (C=O) groups is 2. The molecule has 2 heterocycles. The van der Waals surface area contributed by atoms with Gasteiger partial charge in [0.25, 0.3) is 5.91 Å². The fourth-order valence-corrected chi connectivity index (χ4v) is 3.40. The molecule has 3 rings (SSSR count). The van der Waals surface area contributed by atoms with Gasteiger partial charge in [-0.05, 0) is 45.9 Å². The summed E-state index contributed by atoms with van der Waals surface area (Å²) in [7, 11) is 0. The Balaban J connectivity index is 1.86. The fraction of sp³-hybridized carbons (Fsp3) is 0.381. The molecule has 0 radical (unpaired) electrons. The Morgan fingerprint density at radius 2 is 2.19 bits per heavy atom. The zero-order valence-corrected chi connectivity index (χ0v) is 16.2. The van der Waals surface area contributed by atoms with Crippen LogP contribution in [0.3, 0.4) is 0 Å². The van der Waals surface area contributed by atoms with Crippen molar-refractivity contribution >= 4 is 17.6 Å². The summed E-state index contributed by atoms with van der Waals surface area (Å²) in [6.07, 6.45) is 7.18. The number of aliphatic imine (C=N–C) groups is 1. The molecule has 2 atom stereocenters. The van der Waals surface area contributed by atoms with Gasteiger partial charge in [-0.25, -0.2) is 0 Å². The van der Waals surface area contributed by atoms with Crippen molar-refractivity contribution in [1.82, 2.24) is 10.2 Å². The first-order valence-electron chi connectivity index (χ1n) is 9.15. The number of nitrogens with zero attached hydrogens (tertiary/aromatic N) is 2. The van der Waals surface area contributed by atoms with Gasteiger partial charge in [0.1, 0.15) is 17.1 Å². The number of amides is 2. The third-order valence-electron chi connectivity index (χ3n) is 4.87. The molecular formula is C21H25N3O3. The van der Waals surface area contributed by atoms with Gasteiger partial charge < -0.3 is 15.0 Å². The molecule has 142 valence electrons. The fourth-order valence-electron chi connectivity index (χ4n) is 3.40. The smallest absolute Gasteiger partial charge is 0.250 e. The lowest BCUT2D eigenvalue weighted by molar-refractivity contribution is -0.135. The minimum absolute atomic E-state index is 0.0272. The van der Waals surface area contributed by atoms with E-state index in [1.54, 1.807) is 30.2 Å². The molecule has 0 saturated heterocycles. The van der Waals surface area contributed by atoms with E-state index in [1.165, 1.54) is 0 Å². The molecule has 2 aliphatic heterocycles. The summed E-state index contributed by atoms with van der Waals surface area (Å²) in [4.78, 5) is 31.1. The van der Waals surface area contributed by atoms with Crippen molar-refractivity contribution < 1.29 is 14.3 Å². The monoisotopic (exact) mass is 367 g/mol. The highest BCUT2D eigenvalue weighted by Crippen LogP contribution is 2.31. The average molecular weight is 367 g/mol. The molecular weight excluding hydrogens is 342 g/mol. The highest BCUT2D eigenvalue weighted by atomic mass is 16.5. The molecule has 1 N–H and O–H groups in total. The van der Waals surface area contributed by atoms with Crippen LogP contribution in [0.1, 0.15) is 44.4 Å². The second kappa shape index (κ2) is 7.39. The first-order chi connectivity index (χ1) is 12.8. The van der Waals surface area contributed by atoms with Gasteiger partial charge in [-0.1, -0.05) is 23.8 Å². The highest BCUT2D eigenvalue weighted by molar-refractivity contribution is 6.09. The molecule has 0 bridgehead atoms. The van der Waals surface area contributed by atoms with Crippen LogP contribution < -0.4 is 10.1 Å². The number of fused-ring (bicyclic) bond motifs is 1. The maximum absolute atomic E-state index is 13.2. The van der Waals surface area contributed by atoms with E-state index in [0.29, 0.717) is 12.4 Å². The van der Waals surface area contributed by atoms with E-state index in [-0.39, 0.29) is 24.3 Å². The molecule has 6 heteroatoms. The number of allylic oxidation sites excluding steroid dienone is 2. The standard InChI is InChI=1S/C21H25N3O3/c1-5-27-17-10-9-14(2)12-16(17)15(3)22-20(26)21(4)13-19(25)23-18-8-6-7-11-24(18)21/h6-12,15H,5,13H2,1-4H3,(H,22,26). The van der Waals surface area contributed by atoms with Gasteiger partial charge in [-0.3, -0.25) is 9.59 Å². The molecule has 1 aromatic carbocycles. The van der Waals surface area contributed by atoms with E-state index in [1.807, 2.05) is 45.0 Å². The predicted molar refractivity (Wildman–Crippen MR) is 104 cm³/mol. The molecule has 0 saturated carbocycles. The normalized spacial score (nSPS) is 22.1. The summed E-state index contributed by atoms with van der Waals surface area (Å²) in [5.74, 6) is 0.727. The zero-order chi connectivity index (χ0) is 19.6. The Kier molecular flexibility index (Phi) is 5.17. The summed E-state index contributed by atoms with van der Waals surface area (Å²) in [5, 5.41) is 3.06. The van der Waals surface area contributed by atoms with Crippen LogP contribution >= 0.6 is 0 Å². The lowest BCUT2D eigenvalue weighted by atomic mass is 9.90. The summed E-state index contributed by atoms with van der Waals surface area (Å²) < 4.78 is 5.71. The summed E-state index contributed by atoms with van der Waals surface area (Å²) in [5.41, 5.74) is 0.977. The van der Waals surface area contributed by atoms with E-state index < -0.39 is 5.54 Å². The first kappa shape index (κ1) is 18.9. The average Bonchev–Trinajstić information content (AvgIpc) is 2.63. The Labute approximate surface area is 159 Å². The Bertz CT molecular complexity index is 856. The lowest BCUT2D eigenvalue weighted by Crippen LogP contribution is -2.60. The highest BCUT2D eigenvalue weighted by Gasteiger charge is 2.45. The van der Waals surface area contributed by atoms with Crippen LogP contribution in [0.4, 0.5) is 0 Å². The number of carbonyl (C=O) groups excluding carboxylic acids is 2. The number of amidine groups is 1. The molecule has 2 amide bonds. The van der Waals surface area contributed by atoms with Gasteiger partial charge in [0.2, 0.25) is 5.91 Å². The van der Waals surface area contributed by atoms with E-state index in [4.69, 9.17) is 4.74 Å². The summed E-state index contributed by atoms with van der Waals surface area (Å²) in [6, 6.07) is 5.65. The van der Waals surface area contributed by atoms with Crippen molar-refractivity contribution in [3.05, 3.63) is 53.8 Å². The maximum atomic E-state index is 13.2. The van der Waals surface area contributed by atoms with Crippen LogP contribution in [-0.4, -0.2) is 34.7 Å². The molecule has 1 aromatic rings. The second-order valence-electron chi connectivity index (χ2n) is 7.05. The van der Waals surface area contributed by atoms with Crippen molar-refractivity contribution in [2.75, 3.05) is 6.61 Å². The Hall–Kier alpha value is -2.89. The van der Waals surface area contributed by atoms with Crippen LogP contribution in [0, 0.1) is 6.92 Å². The molecule has 0 aromatic heterocycles. The van der Waals surface area contributed by atoms with Crippen LogP contribution in [0.25, 0.3) is 0 Å². The SMILES string of the molecule is CCOc1ccc(C)cc1C(C)NC(=O)C1(C)CC(=O)N=C2C=CC=CN21. The van der Waals surface area contributed by atoms with Crippen molar-refractivity contribution in [2.45, 2.75) is 45.7 Å². The number of hydrogen-bond acceptors (Lipinski definition) is 4. The van der Waals surface area contributed by atoms with Crippen molar-refractivity contribution in [3.63, 3.8) is 0 Å². The third-order valence-corrected chi connectivity index (χ3v) is 4.87. The molecule has 2 unspecified atom stereocenters. The molecule has 0 fully saturated rings. The number of benzene rings is 1. The van der Waals surface area contributed by atoms with Crippen molar-refractivity contribution in [1.29, 1.82) is 0 Å². The van der Waals surface area contributed by atoms with E-state index >= 15 is 0 Å². The molecule has 2 aliphatic rings. The molecule has 0 spiro atoms. The second-order valence-corrected chi connectivity index (χ2v) is 7.05. The molecule has 27 heavy (non-hydrogen) atoms. The van der Waals surface area contributed by atoms with Crippen LogP contribution in [0.2, 0.25) is 0 Å². The third kappa shape index (κ3) is 3.65.